The molecule has 1 aliphatic rings. The SMILES string of the molecule is [CH2-]N1CCN(c2ccc(Cl)cc2)CC1. The summed E-state index contributed by atoms with van der Waals surface area (Å²) < 4.78 is 0. The van der Waals surface area contributed by atoms with Crippen LogP contribution in [0, 0.1) is 7.05 Å². The first kappa shape index (κ1) is 9.81. The van der Waals surface area contributed by atoms with Gasteiger partial charge in [0.15, 0.2) is 0 Å². The Morgan fingerprint density at radius 2 is 1.57 bits per heavy atom. The van der Waals surface area contributed by atoms with Crippen molar-refractivity contribution in [1.82, 2.24) is 4.90 Å². The number of nitrogens with zero attached hydrogens (tertiary/aromatic N) is 2. The predicted molar refractivity (Wildman–Crippen MR) is 60.6 cm³/mol. The first-order chi connectivity index (χ1) is 6.75. The molecule has 0 aliphatic carbocycles. The van der Waals surface area contributed by atoms with E-state index in [1.54, 1.807) is 0 Å². The van der Waals surface area contributed by atoms with Crippen LogP contribution in [0.1, 0.15) is 0 Å². The maximum Gasteiger partial charge on any atom is 0.0407 e. The Labute approximate surface area is 90.1 Å². The predicted octanol–water partition coefficient (Wildman–Crippen LogP) is 2.25. The molecule has 0 atom stereocenters. The molecular formula is C11H14ClN2-. The van der Waals surface area contributed by atoms with Gasteiger partial charge in [0.1, 0.15) is 0 Å². The number of hydrogen-bond acceptors (Lipinski definition) is 2. The van der Waals surface area contributed by atoms with Gasteiger partial charge in [0, 0.05) is 23.8 Å². The van der Waals surface area contributed by atoms with Crippen LogP contribution < -0.4 is 4.90 Å². The standard InChI is InChI=1S/C11H14ClN2/c1-13-6-8-14(9-7-13)11-4-2-10(12)3-5-11/h2-5H,1,6-9H2/q-1. The van der Waals surface area contributed by atoms with Crippen molar-refractivity contribution in [3.05, 3.63) is 36.3 Å². The number of rotatable bonds is 1. The lowest BCUT2D eigenvalue weighted by Gasteiger charge is -2.38. The second-order valence-corrected chi connectivity index (χ2v) is 4.02. The maximum atomic E-state index is 5.84. The van der Waals surface area contributed by atoms with Gasteiger partial charge >= 0.3 is 0 Å². The smallest absolute Gasteiger partial charge is 0.0407 e. The van der Waals surface area contributed by atoms with E-state index in [2.05, 4.69) is 29.0 Å². The molecule has 76 valence electrons. The van der Waals surface area contributed by atoms with Gasteiger partial charge in [-0.25, -0.2) is 0 Å². The molecule has 0 bridgehead atoms. The third-order valence-electron chi connectivity index (χ3n) is 2.56. The van der Waals surface area contributed by atoms with E-state index in [0.29, 0.717) is 0 Å². The summed E-state index contributed by atoms with van der Waals surface area (Å²) >= 11 is 5.84. The van der Waals surface area contributed by atoms with E-state index in [9.17, 15) is 0 Å². The minimum Gasteiger partial charge on any atom is -0.456 e. The topological polar surface area (TPSA) is 6.48 Å². The van der Waals surface area contributed by atoms with Crippen LogP contribution in [0.25, 0.3) is 0 Å². The summed E-state index contributed by atoms with van der Waals surface area (Å²) in [7, 11) is 3.93. The highest BCUT2D eigenvalue weighted by atomic mass is 35.5. The van der Waals surface area contributed by atoms with Gasteiger partial charge in [-0.2, -0.15) is 0 Å². The summed E-state index contributed by atoms with van der Waals surface area (Å²) in [6, 6.07) is 8.02. The molecule has 1 aromatic carbocycles. The first-order valence-corrected chi connectivity index (χ1v) is 5.19. The van der Waals surface area contributed by atoms with Gasteiger partial charge in [-0.3, -0.25) is 7.05 Å². The van der Waals surface area contributed by atoms with Crippen LogP contribution in [0.15, 0.2) is 24.3 Å². The van der Waals surface area contributed by atoms with Crippen molar-refractivity contribution in [2.75, 3.05) is 31.1 Å². The van der Waals surface area contributed by atoms with Crippen LogP contribution in [-0.2, 0) is 0 Å². The fourth-order valence-corrected chi connectivity index (χ4v) is 1.78. The van der Waals surface area contributed by atoms with E-state index < -0.39 is 0 Å². The zero-order valence-corrected chi connectivity index (χ0v) is 8.87. The van der Waals surface area contributed by atoms with E-state index in [1.807, 2.05) is 12.1 Å². The van der Waals surface area contributed by atoms with E-state index >= 15 is 0 Å². The van der Waals surface area contributed by atoms with Crippen molar-refractivity contribution in [3.63, 3.8) is 0 Å². The fourth-order valence-electron chi connectivity index (χ4n) is 1.66. The number of anilines is 1. The maximum absolute atomic E-state index is 5.84. The molecule has 0 unspecified atom stereocenters. The van der Waals surface area contributed by atoms with E-state index in [4.69, 9.17) is 11.6 Å². The molecule has 2 nitrogen and oxygen atoms in total. The van der Waals surface area contributed by atoms with Crippen molar-refractivity contribution in [1.29, 1.82) is 0 Å². The second-order valence-electron chi connectivity index (χ2n) is 3.58. The molecule has 1 fully saturated rings. The molecule has 1 saturated heterocycles. The Balaban J connectivity index is 2.05. The molecule has 14 heavy (non-hydrogen) atoms. The van der Waals surface area contributed by atoms with E-state index in [-0.39, 0.29) is 0 Å². The number of hydrogen-bond donors (Lipinski definition) is 0. The lowest BCUT2D eigenvalue weighted by Crippen LogP contribution is -2.43. The summed E-state index contributed by atoms with van der Waals surface area (Å²) in [6.07, 6.45) is 0. The minimum absolute atomic E-state index is 0.796. The lowest BCUT2D eigenvalue weighted by molar-refractivity contribution is 0.344. The van der Waals surface area contributed by atoms with E-state index in [0.717, 1.165) is 31.2 Å². The Hall–Kier alpha value is -0.730. The molecule has 0 spiro atoms. The molecule has 1 heterocycles. The molecule has 0 aromatic heterocycles. The highest BCUT2D eigenvalue weighted by Crippen LogP contribution is 2.18. The number of halogens is 1. The molecule has 0 saturated carbocycles. The summed E-state index contributed by atoms with van der Waals surface area (Å²) in [4.78, 5) is 4.46. The quantitative estimate of drug-likeness (QED) is 0.655. The Morgan fingerprint density at radius 1 is 1.00 bits per heavy atom. The van der Waals surface area contributed by atoms with Crippen LogP contribution in [-0.4, -0.2) is 31.1 Å². The highest BCUT2D eigenvalue weighted by Gasteiger charge is 2.10. The molecule has 2 rings (SSSR count). The van der Waals surface area contributed by atoms with Gasteiger partial charge in [-0.1, -0.05) is 11.6 Å². The van der Waals surface area contributed by atoms with Crippen molar-refractivity contribution in [2.45, 2.75) is 0 Å². The molecule has 1 aliphatic heterocycles. The summed E-state index contributed by atoms with van der Waals surface area (Å²) in [5.74, 6) is 0. The molecule has 0 amide bonds. The Bertz CT molecular complexity index is 289. The molecule has 1 aromatic rings. The third-order valence-corrected chi connectivity index (χ3v) is 2.82. The van der Waals surface area contributed by atoms with Crippen LogP contribution in [0.4, 0.5) is 5.69 Å². The molecule has 0 radical (unpaired) electrons. The zero-order chi connectivity index (χ0) is 9.97. The molecular weight excluding hydrogens is 196 g/mol. The van der Waals surface area contributed by atoms with Crippen molar-refractivity contribution in [2.24, 2.45) is 0 Å². The van der Waals surface area contributed by atoms with Crippen LogP contribution in [0.3, 0.4) is 0 Å². The van der Waals surface area contributed by atoms with Gasteiger partial charge in [-0.15, -0.1) is 0 Å². The van der Waals surface area contributed by atoms with Gasteiger partial charge in [0.05, 0.1) is 0 Å². The summed E-state index contributed by atoms with van der Waals surface area (Å²) in [6.45, 7) is 4.15. The third kappa shape index (κ3) is 2.20. The van der Waals surface area contributed by atoms with Gasteiger partial charge in [0.2, 0.25) is 0 Å². The Kier molecular flexibility index (Phi) is 2.94. The largest absolute Gasteiger partial charge is 0.456 e. The number of benzene rings is 1. The monoisotopic (exact) mass is 209 g/mol. The minimum atomic E-state index is 0.796. The number of piperazine rings is 1. The molecule has 0 N–H and O–H groups in total. The average Bonchev–Trinajstić information content (AvgIpc) is 2.21. The average molecular weight is 210 g/mol. The van der Waals surface area contributed by atoms with Crippen LogP contribution in [0.5, 0.6) is 0 Å². The van der Waals surface area contributed by atoms with Gasteiger partial charge in [0.25, 0.3) is 0 Å². The Morgan fingerprint density at radius 3 is 2.14 bits per heavy atom. The van der Waals surface area contributed by atoms with Gasteiger partial charge < -0.3 is 9.80 Å². The fraction of sp³-hybridized carbons (Fsp3) is 0.364. The molecule has 3 heteroatoms. The summed E-state index contributed by atoms with van der Waals surface area (Å²) in [5.41, 5.74) is 1.25. The van der Waals surface area contributed by atoms with E-state index in [1.165, 1.54) is 5.69 Å². The van der Waals surface area contributed by atoms with Gasteiger partial charge in [-0.05, 0) is 37.4 Å². The van der Waals surface area contributed by atoms with Crippen LogP contribution >= 0.6 is 11.6 Å². The van der Waals surface area contributed by atoms with Crippen molar-refractivity contribution < 1.29 is 0 Å². The second kappa shape index (κ2) is 4.20. The zero-order valence-electron chi connectivity index (χ0n) is 8.12. The van der Waals surface area contributed by atoms with Crippen LogP contribution in [0.2, 0.25) is 5.02 Å². The normalized spacial score (nSPS) is 18.6. The van der Waals surface area contributed by atoms with Crippen molar-refractivity contribution >= 4 is 17.3 Å². The first-order valence-electron chi connectivity index (χ1n) is 4.82. The van der Waals surface area contributed by atoms with Crippen molar-refractivity contribution in [3.8, 4) is 0 Å². The lowest BCUT2D eigenvalue weighted by atomic mass is 10.2. The summed E-state index contributed by atoms with van der Waals surface area (Å²) in [5, 5.41) is 0.796. The highest BCUT2D eigenvalue weighted by molar-refractivity contribution is 6.30.